The zero-order chi connectivity index (χ0) is 13.0. The van der Waals surface area contributed by atoms with Crippen LogP contribution in [0.5, 0.6) is 0 Å². The molecule has 0 aliphatic carbocycles. The van der Waals surface area contributed by atoms with Crippen molar-refractivity contribution in [2.24, 2.45) is 0 Å². The van der Waals surface area contributed by atoms with Crippen LogP contribution in [0.1, 0.15) is 21.7 Å². The van der Waals surface area contributed by atoms with E-state index in [-0.39, 0.29) is 6.54 Å². The van der Waals surface area contributed by atoms with E-state index in [1.165, 1.54) is 0 Å². The third kappa shape index (κ3) is 3.53. The van der Waals surface area contributed by atoms with Crippen LogP contribution in [0, 0.1) is 13.8 Å². The maximum Gasteiger partial charge on any atom is 0.334 e. The highest BCUT2D eigenvalue weighted by Crippen LogP contribution is 2.06. The molecule has 1 amide bonds. The van der Waals surface area contributed by atoms with Crippen LogP contribution in [-0.4, -0.2) is 39.7 Å². The van der Waals surface area contributed by atoms with E-state index in [1.54, 1.807) is 19.1 Å². The smallest absolute Gasteiger partial charge is 0.334 e. The van der Waals surface area contributed by atoms with E-state index in [2.05, 4.69) is 10.3 Å². The fourth-order valence-electron chi connectivity index (χ4n) is 1.30. The van der Waals surface area contributed by atoms with Gasteiger partial charge in [-0.25, -0.2) is 4.79 Å². The first-order valence-corrected chi connectivity index (χ1v) is 5.05. The molecule has 1 aromatic heterocycles. The van der Waals surface area contributed by atoms with Crippen molar-refractivity contribution in [1.29, 1.82) is 0 Å². The molecule has 1 heterocycles. The molecule has 1 aromatic rings. The fraction of sp³-hybridized carbons (Fsp3) is 0.364. The normalized spacial score (nSPS) is 11.9. The lowest BCUT2D eigenvalue weighted by atomic mass is 10.1. The minimum atomic E-state index is -1.60. The summed E-state index contributed by atoms with van der Waals surface area (Å²) in [7, 11) is 0. The monoisotopic (exact) mass is 238 g/mol. The molecule has 0 aliphatic heterocycles. The van der Waals surface area contributed by atoms with Crippen molar-refractivity contribution in [1.82, 2.24) is 10.3 Å². The molecule has 17 heavy (non-hydrogen) atoms. The van der Waals surface area contributed by atoms with Crippen molar-refractivity contribution in [3.63, 3.8) is 0 Å². The Morgan fingerprint density at radius 3 is 2.59 bits per heavy atom. The van der Waals surface area contributed by atoms with Crippen LogP contribution < -0.4 is 5.32 Å². The number of carbonyl (C=O) groups excluding carboxylic acids is 1. The van der Waals surface area contributed by atoms with Crippen LogP contribution in [0.25, 0.3) is 0 Å². The summed E-state index contributed by atoms with van der Waals surface area (Å²) in [5.41, 5.74) is 1.73. The van der Waals surface area contributed by atoms with E-state index in [9.17, 15) is 9.59 Å². The van der Waals surface area contributed by atoms with Gasteiger partial charge in [0.1, 0.15) is 0 Å². The summed E-state index contributed by atoms with van der Waals surface area (Å²) in [6.07, 6.45) is -1.60. The van der Waals surface area contributed by atoms with Gasteiger partial charge < -0.3 is 15.5 Å². The first-order chi connectivity index (χ1) is 7.91. The van der Waals surface area contributed by atoms with Crippen LogP contribution in [0.15, 0.2) is 12.1 Å². The Labute approximate surface area is 98.3 Å². The molecule has 92 valence electrons. The van der Waals surface area contributed by atoms with Crippen LogP contribution in [0.2, 0.25) is 0 Å². The molecule has 6 nitrogen and oxygen atoms in total. The number of hydrogen-bond acceptors (Lipinski definition) is 4. The van der Waals surface area contributed by atoms with Crippen molar-refractivity contribution in [2.45, 2.75) is 20.0 Å². The molecule has 0 unspecified atom stereocenters. The zero-order valence-electron chi connectivity index (χ0n) is 9.60. The molecule has 0 radical (unpaired) electrons. The molecule has 1 atom stereocenters. The topological polar surface area (TPSA) is 99.5 Å². The molecular formula is C11H14N2O4. The van der Waals surface area contributed by atoms with Gasteiger partial charge in [0.15, 0.2) is 6.10 Å². The number of carbonyl (C=O) groups is 2. The number of aliphatic hydroxyl groups excluding tert-OH is 1. The van der Waals surface area contributed by atoms with Crippen molar-refractivity contribution in [3.05, 3.63) is 29.1 Å². The predicted octanol–water partition coefficient (Wildman–Crippen LogP) is -0.126. The maximum absolute atomic E-state index is 11.6. The number of aliphatic carboxylic acids is 1. The zero-order valence-corrected chi connectivity index (χ0v) is 9.60. The van der Waals surface area contributed by atoms with Gasteiger partial charge in [-0.05, 0) is 26.0 Å². The molecule has 0 spiro atoms. The lowest BCUT2D eigenvalue weighted by Crippen LogP contribution is -2.36. The number of aromatic nitrogens is 1. The van der Waals surface area contributed by atoms with Crippen molar-refractivity contribution < 1.29 is 19.8 Å². The number of hydrogen-bond donors (Lipinski definition) is 3. The van der Waals surface area contributed by atoms with Gasteiger partial charge in [0.05, 0.1) is 17.8 Å². The summed E-state index contributed by atoms with van der Waals surface area (Å²) < 4.78 is 0. The van der Waals surface area contributed by atoms with Crippen molar-refractivity contribution >= 4 is 11.9 Å². The molecule has 3 N–H and O–H groups in total. The molecule has 0 saturated carbocycles. The number of rotatable bonds is 4. The third-order valence-corrected chi connectivity index (χ3v) is 2.21. The van der Waals surface area contributed by atoms with E-state index < -0.39 is 18.0 Å². The molecule has 0 aromatic carbocycles. The van der Waals surface area contributed by atoms with E-state index in [4.69, 9.17) is 10.2 Å². The van der Waals surface area contributed by atoms with Gasteiger partial charge in [-0.1, -0.05) is 0 Å². The second kappa shape index (κ2) is 5.40. The number of carboxylic acid groups (broad SMARTS) is 1. The Morgan fingerprint density at radius 2 is 2.06 bits per heavy atom. The largest absolute Gasteiger partial charge is 0.479 e. The average molecular weight is 238 g/mol. The highest BCUT2D eigenvalue weighted by atomic mass is 16.4. The van der Waals surface area contributed by atoms with Crippen molar-refractivity contribution in [2.75, 3.05) is 6.54 Å². The average Bonchev–Trinajstić information content (AvgIpc) is 2.25. The third-order valence-electron chi connectivity index (χ3n) is 2.21. The Hall–Kier alpha value is -1.95. The molecule has 0 fully saturated rings. The summed E-state index contributed by atoms with van der Waals surface area (Å²) in [5, 5.41) is 19.8. The molecule has 6 heteroatoms. The van der Waals surface area contributed by atoms with Gasteiger partial charge in [-0.2, -0.15) is 0 Å². The first kappa shape index (κ1) is 13.1. The van der Waals surface area contributed by atoms with Gasteiger partial charge in [-0.15, -0.1) is 0 Å². The van der Waals surface area contributed by atoms with Crippen LogP contribution >= 0.6 is 0 Å². The van der Waals surface area contributed by atoms with Gasteiger partial charge in [0.25, 0.3) is 5.91 Å². The standard InChI is InChI=1S/C11H14N2O4/c1-6-3-4-8(7(2)13-6)10(15)12-5-9(14)11(16)17/h3-4,9,14H,5H2,1-2H3,(H,12,15)(H,16,17)/t9-/m0/s1. The maximum atomic E-state index is 11.6. The van der Waals surface area contributed by atoms with Crippen LogP contribution in [0.4, 0.5) is 0 Å². The molecule has 0 bridgehead atoms. The van der Waals surface area contributed by atoms with E-state index in [1.807, 2.05) is 6.92 Å². The van der Waals surface area contributed by atoms with Gasteiger partial charge >= 0.3 is 5.97 Å². The van der Waals surface area contributed by atoms with Crippen molar-refractivity contribution in [3.8, 4) is 0 Å². The Morgan fingerprint density at radius 1 is 1.41 bits per heavy atom. The summed E-state index contributed by atoms with van der Waals surface area (Å²) in [5.74, 6) is -1.82. The lowest BCUT2D eigenvalue weighted by Gasteiger charge is -2.09. The second-order valence-electron chi connectivity index (χ2n) is 3.65. The van der Waals surface area contributed by atoms with E-state index in [0.29, 0.717) is 11.3 Å². The fourth-order valence-corrected chi connectivity index (χ4v) is 1.30. The summed E-state index contributed by atoms with van der Waals surface area (Å²) in [4.78, 5) is 26.1. The van der Waals surface area contributed by atoms with Gasteiger partial charge in [0.2, 0.25) is 0 Å². The van der Waals surface area contributed by atoms with E-state index >= 15 is 0 Å². The van der Waals surface area contributed by atoms with Crippen LogP contribution in [-0.2, 0) is 4.79 Å². The molecule has 0 saturated heterocycles. The number of carboxylic acids is 1. The van der Waals surface area contributed by atoms with E-state index in [0.717, 1.165) is 5.69 Å². The summed E-state index contributed by atoms with van der Waals surface area (Å²) in [6.45, 7) is 3.17. The molecule has 0 aliphatic rings. The van der Waals surface area contributed by atoms with Gasteiger partial charge in [0, 0.05) is 5.69 Å². The summed E-state index contributed by atoms with van der Waals surface area (Å²) >= 11 is 0. The second-order valence-corrected chi connectivity index (χ2v) is 3.65. The number of amides is 1. The predicted molar refractivity (Wildman–Crippen MR) is 59.7 cm³/mol. The Bertz CT molecular complexity index is 445. The number of aryl methyl sites for hydroxylation is 2. The highest BCUT2D eigenvalue weighted by Gasteiger charge is 2.16. The minimum absolute atomic E-state index is 0.332. The summed E-state index contributed by atoms with van der Waals surface area (Å²) in [6, 6.07) is 3.30. The number of nitrogens with one attached hydrogen (secondary N) is 1. The number of aliphatic hydroxyl groups is 1. The Balaban J connectivity index is 2.67. The number of pyridine rings is 1. The SMILES string of the molecule is Cc1ccc(C(=O)NC[C@H](O)C(=O)O)c(C)n1. The van der Waals surface area contributed by atoms with Gasteiger partial charge in [-0.3, -0.25) is 9.78 Å². The first-order valence-electron chi connectivity index (χ1n) is 5.05. The Kier molecular flexibility index (Phi) is 4.17. The lowest BCUT2D eigenvalue weighted by molar-refractivity contribution is -0.146. The van der Waals surface area contributed by atoms with Crippen LogP contribution in [0.3, 0.4) is 0 Å². The quantitative estimate of drug-likeness (QED) is 0.678. The minimum Gasteiger partial charge on any atom is -0.479 e. The molecular weight excluding hydrogens is 224 g/mol. The number of nitrogens with zero attached hydrogens (tertiary/aromatic N) is 1. The highest BCUT2D eigenvalue weighted by molar-refractivity contribution is 5.95. The molecule has 1 rings (SSSR count).